The quantitative estimate of drug-likeness (QED) is 0.361. The second kappa shape index (κ2) is 8.74. The molecule has 0 radical (unpaired) electrons. The Morgan fingerprint density at radius 2 is 1.79 bits per heavy atom. The van der Waals surface area contributed by atoms with Gasteiger partial charge in [0.1, 0.15) is 5.57 Å². The third-order valence-corrected chi connectivity index (χ3v) is 3.21. The number of hydrogen-bond donors (Lipinski definition) is 2. The van der Waals surface area contributed by atoms with Crippen LogP contribution in [-0.4, -0.2) is 18.5 Å². The van der Waals surface area contributed by atoms with Crippen LogP contribution in [0.2, 0.25) is 5.02 Å². The Morgan fingerprint density at radius 1 is 1.08 bits per heavy atom. The van der Waals surface area contributed by atoms with E-state index in [0.29, 0.717) is 16.4 Å². The number of esters is 1. The molecule has 0 aliphatic heterocycles. The zero-order valence-electron chi connectivity index (χ0n) is 13.1. The van der Waals surface area contributed by atoms with Gasteiger partial charge in [-0.25, -0.2) is 4.79 Å². The maximum absolute atomic E-state index is 12.4. The van der Waals surface area contributed by atoms with Crippen molar-refractivity contribution < 1.29 is 14.3 Å². The molecular formula is C18H17ClN2O3. The molecule has 6 heteroatoms. The molecule has 0 spiro atoms. The molecule has 0 unspecified atom stereocenters. The maximum atomic E-state index is 12.4. The minimum Gasteiger partial charge on any atom is -0.462 e. The van der Waals surface area contributed by atoms with Crippen LogP contribution in [0.3, 0.4) is 0 Å². The van der Waals surface area contributed by atoms with Gasteiger partial charge in [0.2, 0.25) is 0 Å². The fourth-order valence-corrected chi connectivity index (χ4v) is 2.07. The molecule has 24 heavy (non-hydrogen) atoms. The van der Waals surface area contributed by atoms with Gasteiger partial charge in [-0.3, -0.25) is 4.79 Å². The summed E-state index contributed by atoms with van der Waals surface area (Å²) < 4.78 is 4.94. The molecule has 2 N–H and O–H groups in total. The highest BCUT2D eigenvalue weighted by atomic mass is 35.5. The summed E-state index contributed by atoms with van der Waals surface area (Å²) in [5, 5.41) is 6.08. The molecule has 0 aromatic heterocycles. The van der Waals surface area contributed by atoms with Crippen molar-refractivity contribution in [3.63, 3.8) is 0 Å². The molecule has 0 saturated carbocycles. The van der Waals surface area contributed by atoms with Crippen LogP contribution in [0.4, 0.5) is 11.4 Å². The normalized spacial score (nSPS) is 10.8. The second-order valence-electron chi connectivity index (χ2n) is 4.75. The van der Waals surface area contributed by atoms with Crippen molar-refractivity contribution in [3.05, 3.63) is 71.4 Å². The van der Waals surface area contributed by atoms with Crippen LogP contribution in [0.25, 0.3) is 0 Å². The lowest BCUT2D eigenvalue weighted by Crippen LogP contribution is -2.23. The van der Waals surface area contributed by atoms with Gasteiger partial charge in [0.05, 0.1) is 6.61 Å². The maximum Gasteiger partial charge on any atom is 0.345 e. The van der Waals surface area contributed by atoms with Crippen LogP contribution in [0.15, 0.2) is 66.4 Å². The number of rotatable bonds is 6. The standard InChI is InChI=1S/C18H17ClN2O3/c1-2-24-18(23)16(12-20-15-10-6-7-13(19)11-15)17(22)21-14-8-4-3-5-9-14/h3-12,20H,2H2,1H3,(H,21,22)/b16-12+. The Bertz CT molecular complexity index is 745. The lowest BCUT2D eigenvalue weighted by atomic mass is 10.2. The topological polar surface area (TPSA) is 67.4 Å². The Labute approximate surface area is 145 Å². The van der Waals surface area contributed by atoms with Gasteiger partial charge in [0.25, 0.3) is 5.91 Å². The highest BCUT2D eigenvalue weighted by molar-refractivity contribution is 6.30. The third-order valence-electron chi connectivity index (χ3n) is 2.98. The predicted molar refractivity (Wildman–Crippen MR) is 94.9 cm³/mol. The summed E-state index contributed by atoms with van der Waals surface area (Å²) in [6, 6.07) is 15.8. The second-order valence-corrected chi connectivity index (χ2v) is 5.19. The molecular weight excluding hydrogens is 328 g/mol. The number of anilines is 2. The van der Waals surface area contributed by atoms with Gasteiger partial charge in [-0.2, -0.15) is 0 Å². The van der Waals surface area contributed by atoms with Crippen LogP contribution in [0.1, 0.15) is 6.92 Å². The molecule has 2 aromatic rings. The van der Waals surface area contributed by atoms with Gasteiger partial charge in [0.15, 0.2) is 0 Å². The number of carbonyl (C=O) groups is 2. The van der Waals surface area contributed by atoms with Crippen molar-refractivity contribution in [3.8, 4) is 0 Å². The van der Waals surface area contributed by atoms with Gasteiger partial charge < -0.3 is 15.4 Å². The summed E-state index contributed by atoms with van der Waals surface area (Å²) in [5.41, 5.74) is 1.10. The summed E-state index contributed by atoms with van der Waals surface area (Å²) >= 11 is 5.91. The average Bonchev–Trinajstić information content (AvgIpc) is 2.56. The Hall–Kier alpha value is -2.79. The Kier molecular flexibility index (Phi) is 6.40. The summed E-state index contributed by atoms with van der Waals surface area (Å²) in [4.78, 5) is 24.4. The summed E-state index contributed by atoms with van der Waals surface area (Å²) in [7, 11) is 0. The van der Waals surface area contributed by atoms with Crippen molar-refractivity contribution in [2.24, 2.45) is 0 Å². The van der Waals surface area contributed by atoms with E-state index in [1.165, 1.54) is 6.20 Å². The van der Waals surface area contributed by atoms with Crippen molar-refractivity contribution in [2.45, 2.75) is 6.92 Å². The fourth-order valence-electron chi connectivity index (χ4n) is 1.88. The molecule has 2 rings (SSSR count). The average molecular weight is 345 g/mol. The lowest BCUT2D eigenvalue weighted by molar-refractivity contribution is -0.139. The van der Waals surface area contributed by atoms with E-state index in [-0.39, 0.29) is 12.2 Å². The van der Waals surface area contributed by atoms with Crippen molar-refractivity contribution in [2.75, 3.05) is 17.2 Å². The molecule has 1 amide bonds. The zero-order chi connectivity index (χ0) is 17.4. The number of benzene rings is 2. The first-order valence-electron chi connectivity index (χ1n) is 7.36. The fraction of sp³-hybridized carbons (Fsp3) is 0.111. The summed E-state index contributed by atoms with van der Waals surface area (Å²) in [6.45, 7) is 1.85. The SMILES string of the molecule is CCOC(=O)/C(=C/Nc1cccc(Cl)c1)C(=O)Nc1ccccc1. The zero-order valence-corrected chi connectivity index (χ0v) is 13.8. The highest BCUT2D eigenvalue weighted by Gasteiger charge is 2.19. The van der Waals surface area contributed by atoms with E-state index >= 15 is 0 Å². The predicted octanol–water partition coefficient (Wildman–Crippen LogP) is 3.84. The molecule has 5 nitrogen and oxygen atoms in total. The van der Waals surface area contributed by atoms with E-state index in [4.69, 9.17) is 16.3 Å². The molecule has 0 bridgehead atoms. The van der Waals surface area contributed by atoms with Crippen LogP contribution in [0, 0.1) is 0 Å². The van der Waals surface area contributed by atoms with Gasteiger partial charge in [0, 0.05) is 22.6 Å². The van der Waals surface area contributed by atoms with Gasteiger partial charge >= 0.3 is 5.97 Å². The van der Waals surface area contributed by atoms with Crippen LogP contribution in [0.5, 0.6) is 0 Å². The lowest BCUT2D eigenvalue weighted by Gasteiger charge is -2.09. The largest absolute Gasteiger partial charge is 0.462 e. The van der Waals surface area contributed by atoms with Gasteiger partial charge in [-0.1, -0.05) is 35.9 Å². The van der Waals surface area contributed by atoms with Crippen molar-refractivity contribution in [1.29, 1.82) is 0 Å². The molecule has 124 valence electrons. The number of hydrogen-bond acceptors (Lipinski definition) is 4. The van der Waals surface area contributed by atoms with Crippen LogP contribution >= 0.6 is 11.6 Å². The smallest absolute Gasteiger partial charge is 0.345 e. The minimum atomic E-state index is -0.708. The van der Waals surface area contributed by atoms with E-state index in [0.717, 1.165) is 0 Å². The first-order chi connectivity index (χ1) is 11.6. The summed E-state index contributed by atoms with van der Waals surface area (Å²) in [5.74, 6) is -1.27. The highest BCUT2D eigenvalue weighted by Crippen LogP contribution is 2.16. The number of para-hydroxylation sites is 1. The molecule has 0 aliphatic carbocycles. The Morgan fingerprint density at radius 3 is 2.46 bits per heavy atom. The van der Waals surface area contributed by atoms with Crippen LogP contribution in [-0.2, 0) is 14.3 Å². The van der Waals surface area contributed by atoms with E-state index in [9.17, 15) is 9.59 Å². The molecule has 0 fully saturated rings. The summed E-state index contributed by atoms with van der Waals surface area (Å²) in [6.07, 6.45) is 1.31. The number of ether oxygens (including phenoxy) is 1. The third kappa shape index (κ3) is 5.14. The molecule has 0 heterocycles. The molecule has 0 atom stereocenters. The van der Waals surface area contributed by atoms with E-state index in [1.807, 2.05) is 6.07 Å². The van der Waals surface area contributed by atoms with E-state index in [2.05, 4.69) is 10.6 Å². The van der Waals surface area contributed by atoms with Gasteiger partial charge in [-0.05, 0) is 37.3 Å². The number of halogens is 1. The van der Waals surface area contributed by atoms with E-state index in [1.54, 1.807) is 55.5 Å². The number of nitrogens with one attached hydrogen (secondary N) is 2. The number of amides is 1. The molecule has 0 aliphatic rings. The molecule has 2 aromatic carbocycles. The monoisotopic (exact) mass is 344 g/mol. The van der Waals surface area contributed by atoms with Crippen molar-refractivity contribution in [1.82, 2.24) is 0 Å². The first kappa shape index (κ1) is 17.6. The van der Waals surface area contributed by atoms with Gasteiger partial charge in [-0.15, -0.1) is 0 Å². The molecule has 0 saturated heterocycles. The number of carbonyl (C=O) groups excluding carboxylic acids is 2. The van der Waals surface area contributed by atoms with Crippen molar-refractivity contribution >= 4 is 34.9 Å². The first-order valence-corrected chi connectivity index (χ1v) is 7.73. The van der Waals surface area contributed by atoms with E-state index < -0.39 is 11.9 Å². The van der Waals surface area contributed by atoms with Crippen LogP contribution < -0.4 is 10.6 Å². The minimum absolute atomic E-state index is 0.138. The Balaban J connectivity index is 2.18.